The molecule has 11 heteroatoms. The molecule has 0 saturated carbocycles. The molecule has 0 aliphatic carbocycles. The number of allylic oxidation sites excluding steroid dienone is 4. The van der Waals surface area contributed by atoms with Crippen molar-refractivity contribution in [2.24, 2.45) is 0 Å². The summed E-state index contributed by atoms with van der Waals surface area (Å²) in [5.74, 6) is -0.706. The van der Waals surface area contributed by atoms with E-state index in [1.54, 1.807) is 0 Å². The second kappa shape index (κ2) is 55.1. The van der Waals surface area contributed by atoms with Crippen LogP contribution in [0.4, 0.5) is 0 Å². The van der Waals surface area contributed by atoms with Crippen LogP contribution in [0.3, 0.4) is 0 Å². The minimum Gasteiger partial charge on any atom is -0.394 e. The van der Waals surface area contributed by atoms with Crippen molar-refractivity contribution in [2.45, 2.75) is 377 Å². The molecule has 1 fully saturated rings. The lowest BCUT2D eigenvalue weighted by Crippen LogP contribution is -2.60. The first-order valence-corrected chi connectivity index (χ1v) is 33.2. The van der Waals surface area contributed by atoms with Crippen LogP contribution < -0.4 is 5.32 Å². The van der Waals surface area contributed by atoms with Crippen molar-refractivity contribution in [3.63, 3.8) is 0 Å². The van der Waals surface area contributed by atoms with Crippen molar-refractivity contribution in [3.05, 3.63) is 24.3 Å². The number of aliphatic hydroxyl groups excluding tert-OH is 7. The summed E-state index contributed by atoms with van der Waals surface area (Å²) in [7, 11) is 0. The number of hydrogen-bond acceptors (Lipinski definition) is 10. The van der Waals surface area contributed by atoms with Crippen LogP contribution in [-0.4, -0.2) is 110 Å². The average Bonchev–Trinajstić information content (AvgIpc) is 3.43. The zero-order chi connectivity index (χ0) is 56.1. The third-order valence-corrected chi connectivity index (χ3v) is 16.2. The molecule has 1 saturated heterocycles. The largest absolute Gasteiger partial charge is 0.394 e. The van der Waals surface area contributed by atoms with Gasteiger partial charge in [0.05, 0.1) is 25.4 Å². The highest BCUT2D eigenvalue weighted by molar-refractivity contribution is 5.80. The highest BCUT2D eigenvalue weighted by atomic mass is 16.7. The Hall–Kier alpha value is -1.41. The molecule has 8 N–H and O–H groups in total. The van der Waals surface area contributed by atoms with Gasteiger partial charge in [-0.05, 0) is 51.4 Å². The predicted octanol–water partition coefficient (Wildman–Crippen LogP) is 15.2. The van der Waals surface area contributed by atoms with Gasteiger partial charge in [0.2, 0.25) is 5.91 Å². The van der Waals surface area contributed by atoms with Crippen LogP contribution >= 0.6 is 0 Å². The molecule has 9 atom stereocenters. The van der Waals surface area contributed by atoms with Crippen molar-refractivity contribution < 1.29 is 50.0 Å². The maximum atomic E-state index is 13.2. The molecule has 9 unspecified atom stereocenters. The number of hydrogen-bond donors (Lipinski definition) is 8. The van der Waals surface area contributed by atoms with Gasteiger partial charge < -0.3 is 50.5 Å². The summed E-state index contributed by atoms with van der Waals surface area (Å²) in [5.41, 5.74) is 0. The van der Waals surface area contributed by atoms with Crippen LogP contribution in [0.25, 0.3) is 0 Å². The first kappa shape index (κ1) is 73.6. The Morgan fingerprint density at radius 2 is 0.779 bits per heavy atom. The van der Waals surface area contributed by atoms with E-state index in [0.717, 1.165) is 38.5 Å². The highest BCUT2D eigenvalue weighted by Crippen LogP contribution is 2.24. The standard InChI is InChI=1S/C66H127NO10/c1-3-5-7-9-11-13-15-17-18-19-20-21-22-23-24-25-26-27-28-29-30-31-32-33-34-35-36-37-38-39-40-41-42-44-46-48-50-52-54-59(70)65(75)67-57(56-76-66-64(74)63(73)62(72)60(55-68)77-66)61(71)58(69)53-51-49-47-45-43-16-14-12-10-8-6-4-2/h12,14,45,47,57-64,66,68-74H,3-11,13,15-44,46,48-56H2,1-2H3,(H,67,75)/b14-12+,47-45+. The Morgan fingerprint density at radius 1 is 0.442 bits per heavy atom. The molecule has 11 nitrogen and oxygen atoms in total. The van der Waals surface area contributed by atoms with Crippen molar-refractivity contribution in [1.29, 1.82) is 0 Å². The van der Waals surface area contributed by atoms with Crippen LogP contribution in [0.1, 0.15) is 322 Å². The Labute approximate surface area is 474 Å². The number of unbranched alkanes of at least 4 members (excludes halogenated alkanes) is 42. The minimum absolute atomic E-state index is 0.248. The van der Waals surface area contributed by atoms with Crippen molar-refractivity contribution in [3.8, 4) is 0 Å². The third kappa shape index (κ3) is 43.0. The van der Waals surface area contributed by atoms with E-state index in [0.29, 0.717) is 19.3 Å². The van der Waals surface area contributed by atoms with Crippen LogP contribution in [-0.2, 0) is 14.3 Å². The second-order valence-corrected chi connectivity index (χ2v) is 23.5. The lowest BCUT2D eigenvalue weighted by Gasteiger charge is -2.40. The number of ether oxygens (including phenoxy) is 2. The van der Waals surface area contributed by atoms with Crippen molar-refractivity contribution in [1.82, 2.24) is 5.32 Å². The molecule has 1 aliphatic rings. The first-order chi connectivity index (χ1) is 37.7. The van der Waals surface area contributed by atoms with Gasteiger partial charge in [0, 0.05) is 0 Å². The lowest BCUT2D eigenvalue weighted by atomic mass is 9.98. The molecule has 0 spiro atoms. The number of rotatable bonds is 58. The predicted molar refractivity (Wildman–Crippen MR) is 321 cm³/mol. The molecule has 1 rings (SSSR count). The van der Waals surface area contributed by atoms with E-state index in [-0.39, 0.29) is 12.8 Å². The van der Waals surface area contributed by atoms with E-state index in [1.807, 2.05) is 0 Å². The monoisotopic (exact) mass is 1090 g/mol. The topological polar surface area (TPSA) is 189 Å². The van der Waals surface area contributed by atoms with Gasteiger partial charge >= 0.3 is 0 Å². The van der Waals surface area contributed by atoms with Crippen LogP contribution in [0.2, 0.25) is 0 Å². The van der Waals surface area contributed by atoms with E-state index >= 15 is 0 Å². The van der Waals surface area contributed by atoms with Crippen LogP contribution in [0.15, 0.2) is 24.3 Å². The fraction of sp³-hybridized carbons (Fsp3) is 0.924. The Morgan fingerprint density at radius 3 is 1.16 bits per heavy atom. The summed E-state index contributed by atoms with van der Waals surface area (Å²) in [6.07, 6.45) is 57.3. The Kier molecular flexibility index (Phi) is 52.7. The van der Waals surface area contributed by atoms with Crippen LogP contribution in [0.5, 0.6) is 0 Å². The molecule has 0 aromatic rings. The average molecular weight is 1090 g/mol. The Balaban J connectivity index is 2.08. The molecule has 1 aliphatic heterocycles. The van der Waals surface area contributed by atoms with E-state index < -0.39 is 74.2 Å². The lowest BCUT2D eigenvalue weighted by molar-refractivity contribution is -0.303. The maximum Gasteiger partial charge on any atom is 0.249 e. The fourth-order valence-electron chi connectivity index (χ4n) is 10.9. The molecule has 0 bridgehead atoms. The van der Waals surface area contributed by atoms with E-state index in [9.17, 15) is 40.5 Å². The highest BCUT2D eigenvalue weighted by Gasteiger charge is 2.44. The summed E-state index contributed by atoms with van der Waals surface area (Å²) >= 11 is 0. The SMILES string of the molecule is CCCCC/C=C/CC/C=C/CCCC(O)C(O)C(COC1OC(CO)C(O)C(O)C1O)NC(=O)C(O)CCCCCCCCCCCCCCCCCCCCCCCCCCCCCCCCCCCCCCCC. The number of nitrogens with one attached hydrogen (secondary N) is 1. The van der Waals surface area contributed by atoms with E-state index in [1.165, 1.54) is 238 Å². The van der Waals surface area contributed by atoms with Gasteiger partial charge in [-0.3, -0.25) is 4.79 Å². The molecular formula is C66H127NO10. The molecule has 0 radical (unpaired) electrons. The number of aliphatic hydroxyl groups is 7. The molecular weight excluding hydrogens is 967 g/mol. The zero-order valence-electron chi connectivity index (χ0n) is 50.2. The van der Waals surface area contributed by atoms with Gasteiger partial charge in [-0.2, -0.15) is 0 Å². The minimum atomic E-state index is -1.67. The number of amides is 1. The molecule has 1 heterocycles. The van der Waals surface area contributed by atoms with Gasteiger partial charge in [-0.25, -0.2) is 0 Å². The number of carbonyl (C=O) groups is 1. The van der Waals surface area contributed by atoms with Gasteiger partial charge in [0.1, 0.15) is 36.6 Å². The Bertz CT molecular complexity index is 1300. The molecule has 0 aromatic heterocycles. The quantitative estimate of drug-likeness (QED) is 0.0215. The second-order valence-electron chi connectivity index (χ2n) is 23.5. The molecule has 1 amide bonds. The summed E-state index contributed by atoms with van der Waals surface area (Å²) < 4.78 is 11.1. The smallest absolute Gasteiger partial charge is 0.249 e. The molecule has 0 aromatic carbocycles. The van der Waals surface area contributed by atoms with E-state index in [4.69, 9.17) is 9.47 Å². The maximum absolute atomic E-state index is 13.2. The zero-order valence-corrected chi connectivity index (χ0v) is 50.2. The normalized spacial score (nSPS) is 19.6. The summed E-state index contributed by atoms with van der Waals surface area (Å²) in [4.78, 5) is 13.2. The molecule has 456 valence electrons. The van der Waals surface area contributed by atoms with Gasteiger partial charge in [0.25, 0.3) is 0 Å². The third-order valence-electron chi connectivity index (χ3n) is 16.2. The van der Waals surface area contributed by atoms with Gasteiger partial charge in [0.15, 0.2) is 6.29 Å². The van der Waals surface area contributed by atoms with Crippen LogP contribution in [0, 0.1) is 0 Å². The first-order valence-electron chi connectivity index (χ1n) is 33.2. The van der Waals surface area contributed by atoms with Crippen molar-refractivity contribution in [2.75, 3.05) is 13.2 Å². The van der Waals surface area contributed by atoms with E-state index in [2.05, 4.69) is 43.5 Å². The van der Waals surface area contributed by atoms with Crippen molar-refractivity contribution >= 4 is 5.91 Å². The number of carbonyl (C=O) groups excluding carboxylic acids is 1. The fourth-order valence-corrected chi connectivity index (χ4v) is 10.9. The van der Waals surface area contributed by atoms with Gasteiger partial charge in [-0.1, -0.05) is 295 Å². The molecule has 77 heavy (non-hydrogen) atoms. The summed E-state index contributed by atoms with van der Waals surface area (Å²) in [6.45, 7) is 3.42. The summed E-state index contributed by atoms with van der Waals surface area (Å²) in [5, 5.41) is 76.0. The summed E-state index contributed by atoms with van der Waals surface area (Å²) in [6, 6.07) is -1.19. The van der Waals surface area contributed by atoms with Gasteiger partial charge in [-0.15, -0.1) is 0 Å².